The first-order chi connectivity index (χ1) is 21.6. The van der Waals surface area contributed by atoms with Crippen molar-refractivity contribution in [3.05, 3.63) is 117 Å². The molecule has 1 unspecified atom stereocenters. The van der Waals surface area contributed by atoms with E-state index in [9.17, 15) is 23.1 Å². The molecule has 0 aliphatic carbocycles. The van der Waals surface area contributed by atoms with Crippen molar-refractivity contribution in [1.29, 1.82) is 0 Å². The van der Waals surface area contributed by atoms with Crippen molar-refractivity contribution in [2.24, 2.45) is 0 Å². The zero-order valence-electron chi connectivity index (χ0n) is 23.5. The maximum Gasteiger partial charge on any atom is 0.366 e. The Bertz CT molecular complexity index is 1930. The molecule has 232 valence electrons. The largest absolute Gasteiger partial charge is 0.486 e. The first kappa shape index (κ1) is 32.2. The number of nitrogens with zero attached hydrogens (tertiary/aromatic N) is 1. The molecule has 5 aromatic rings. The van der Waals surface area contributed by atoms with Crippen LogP contribution in [-0.4, -0.2) is 42.4 Å². The van der Waals surface area contributed by atoms with Gasteiger partial charge in [0, 0.05) is 15.6 Å². The number of benzene rings is 4. The van der Waals surface area contributed by atoms with Crippen LogP contribution >= 0.6 is 34.5 Å². The van der Waals surface area contributed by atoms with Crippen LogP contribution in [0.15, 0.2) is 95.9 Å². The maximum atomic E-state index is 12.9. The normalized spacial score (nSPS) is 12.0. The monoisotopic (exact) mass is 684 g/mol. The lowest BCUT2D eigenvalue weighted by Crippen LogP contribution is -2.44. The van der Waals surface area contributed by atoms with Gasteiger partial charge in [-0.1, -0.05) is 41.4 Å². The second-order valence-corrected chi connectivity index (χ2v) is 14.0. The summed E-state index contributed by atoms with van der Waals surface area (Å²) in [5.74, 6) is -1.47. The van der Waals surface area contributed by atoms with Crippen LogP contribution in [0.4, 0.5) is 0 Å². The van der Waals surface area contributed by atoms with E-state index >= 15 is 0 Å². The molecule has 0 saturated carbocycles. The Balaban J connectivity index is 1.14. The van der Waals surface area contributed by atoms with E-state index < -0.39 is 27.9 Å². The van der Waals surface area contributed by atoms with Gasteiger partial charge in [-0.3, -0.25) is 4.79 Å². The highest BCUT2D eigenvalue weighted by Crippen LogP contribution is 2.26. The van der Waals surface area contributed by atoms with Gasteiger partial charge in [-0.05, 0) is 91.2 Å². The Hall–Kier alpha value is -4.16. The molecule has 13 heteroatoms. The highest BCUT2D eigenvalue weighted by molar-refractivity contribution is 7.91. The summed E-state index contributed by atoms with van der Waals surface area (Å²) in [6.45, 7) is 0.178. The summed E-state index contributed by atoms with van der Waals surface area (Å²) in [6, 6.07) is 24.4. The number of hydrogen-bond donors (Lipinski definition) is 2. The molecule has 0 aliphatic heterocycles. The van der Waals surface area contributed by atoms with E-state index in [1.165, 1.54) is 47.7 Å². The number of carbonyl (C=O) groups is 2. The van der Waals surface area contributed by atoms with Gasteiger partial charge in [0.15, 0.2) is 9.84 Å². The highest BCUT2D eigenvalue weighted by Gasteiger charge is 2.23. The minimum atomic E-state index is -3.44. The molecule has 45 heavy (non-hydrogen) atoms. The molecule has 4 aromatic carbocycles. The average molecular weight is 686 g/mol. The molecule has 2 N–H and O–H groups in total. The second kappa shape index (κ2) is 14.3. The summed E-state index contributed by atoms with van der Waals surface area (Å²) in [5, 5.41) is 13.8. The van der Waals surface area contributed by atoms with E-state index in [0.717, 1.165) is 20.8 Å². The number of thiazole rings is 1. The van der Waals surface area contributed by atoms with Crippen LogP contribution in [0.5, 0.6) is 11.5 Å². The van der Waals surface area contributed by atoms with Crippen molar-refractivity contribution in [3.8, 4) is 11.5 Å². The van der Waals surface area contributed by atoms with Crippen molar-refractivity contribution < 1.29 is 32.6 Å². The van der Waals surface area contributed by atoms with Crippen molar-refractivity contribution in [2.45, 2.75) is 30.6 Å². The summed E-state index contributed by atoms with van der Waals surface area (Å²) < 4.78 is 37.4. The number of fused-ring (bicyclic) bond motifs is 1. The van der Waals surface area contributed by atoms with Gasteiger partial charge in [-0.2, -0.15) is 0 Å². The third-order valence-corrected chi connectivity index (χ3v) is 9.88. The summed E-state index contributed by atoms with van der Waals surface area (Å²) in [7, 11) is -3.44. The van der Waals surface area contributed by atoms with Crippen LogP contribution in [0.3, 0.4) is 0 Å². The van der Waals surface area contributed by atoms with Crippen molar-refractivity contribution >= 4 is 66.5 Å². The SMILES string of the molecule is O=C(NC(Oc1ccc(CCCS(=O)(=O)c2ccc(Cl)cc2)cc1)C(=O)O)c1cccc(OCc2nc3cc(Cl)ccc3s2)c1. The number of amides is 1. The first-order valence-electron chi connectivity index (χ1n) is 13.6. The molecule has 0 spiro atoms. The summed E-state index contributed by atoms with van der Waals surface area (Å²) >= 11 is 13.3. The van der Waals surface area contributed by atoms with Gasteiger partial charge in [0.2, 0.25) is 0 Å². The number of hydrogen-bond acceptors (Lipinski definition) is 8. The number of sulfone groups is 1. The van der Waals surface area contributed by atoms with Gasteiger partial charge in [-0.25, -0.2) is 18.2 Å². The average Bonchev–Trinajstić information content (AvgIpc) is 3.43. The molecular formula is C32H26Cl2N2O7S2. The number of aromatic nitrogens is 1. The summed E-state index contributed by atoms with van der Waals surface area (Å²) in [5.41, 5.74) is 1.80. The fourth-order valence-corrected chi connectivity index (χ4v) is 6.79. The number of carboxylic acid groups (broad SMARTS) is 1. The standard InChI is InChI=1S/C32H26Cl2N2O7S2/c33-22-8-13-26(14-9-22)45(40,41)16-2-3-20-6-11-24(12-7-20)43-31(32(38)39)36-30(37)21-4-1-5-25(17-21)42-19-29-35-27-18-23(34)10-15-28(27)44-29/h1,4-15,17-18,31H,2-3,16,19H2,(H,36,37)(H,38,39). The molecule has 5 rings (SSSR count). The number of rotatable bonds is 13. The molecule has 1 atom stereocenters. The van der Waals surface area contributed by atoms with Crippen LogP contribution in [0.1, 0.15) is 27.3 Å². The van der Waals surface area contributed by atoms with Crippen molar-refractivity contribution in [3.63, 3.8) is 0 Å². The molecule has 0 aliphatic rings. The highest BCUT2D eigenvalue weighted by atomic mass is 35.5. The molecule has 0 bridgehead atoms. The number of ether oxygens (including phenoxy) is 2. The zero-order valence-corrected chi connectivity index (χ0v) is 26.6. The van der Waals surface area contributed by atoms with Crippen molar-refractivity contribution in [1.82, 2.24) is 10.3 Å². The van der Waals surface area contributed by atoms with Crippen molar-refractivity contribution in [2.75, 3.05) is 5.75 Å². The molecule has 0 saturated heterocycles. The van der Waals surface area contributed by atoms with E-state index in [0.29, 0.717) is 28.6 Å². The number of halogens is 2. The Kier molecular flexibility index (Phi) is 10.2. The molecule has 1 heterocycles. The van der Waals surface area contributed by atoms with E-state index in [1.54, 1.807) is 48.5 Å². The summed E-state index contributed by atoms with van der Waals surface area (Å²) in [6.07, 6.45) is -0.790. The third-order valence-electron chi connectivity index (χ3n) is 6.57. The number of aryl methyl sites for hydroxylation is 1. The third kappa shape index (κ3) is 8.73. The Morgan fingerprint density at radius 1 is 0.911 bits per heavy atom. The Labute approximate surface area is 273 Å². The second-order valence-electron chi connectivity index (χ2n) is 9.87. The topological polar surface area (TPSA) is 132 Å². The quantitative estimate of drug-likeness (QED) is 0.129. The predicted octanol–water partition coefficient (Wildman–Crippen LogP) is 6.81. The summed E-state index contributed by atoms with van der Waals surface area (Å²) in [4.78, 5) is 29.5. The number of carboxylic acids is 1. The van der Waals surface area contributed by atoms with Gasteiger partial charge in [-0.15, -0.1) is 11.3 Å². The molecule has 1 amide bonds. The van der Waals surface area contributed by atoms with Gasteiger partial charge >= 0.3 is 5.97 Å². The van der Waals surface area contributed by atoms with Crippen LogP contribution in [-0.2, 0) is 27.7 Å². The maximum absolute atomic E-state index is 12.9. The number of nitrogens with one attached hydrogen (secondary N) is 1. The van der Waals surface area contributed by atoms with Gasteiger partial charge in [0.05, 0.1) is 20.9 Å². The van der Waals surface area contributed by atoms with Crippen LogP contribution < -0.4 is 14.8 Å². The van der Waals surface area contributed by atoms with Gasteiger partial charge in [0.25, 0.3) is 12.1 Å². The lowest BCUT2D eigenvalue weighted by Gasteiger charge is -2.17. The van der Waals surface area contributed by atoms with Gasteiger partial charge < -0.3 is 19.9 Å². The Morgan fingerprint density at radius 3 is 2.38 bits per heavy atom. The zero-order chi connectivity index (χ0) is 32.0. The minimum absolute atomic E-state index is 0.0381. The van der Waals surface area contributed by atoms with E-state index in [1.807, 2.05) is 6.07 Å². The lowest BCUT2D eigenvalue weighted by molar-refractivity contribution is -0.146. The molecule has 1 aromatic heterocycles. The van der Waals surface area contributed by atoms with E-state index in [-0.39, 0.29) is 28.6 Å². The lowest BCUT2D eigenvalue weighted by atomic mass is 10.1. The molecular weight excluding hydrogens is 659 g/mol. The van der Waals surface area contributed by atoms with Crippen LogP contribution in [0.25, 0.3) is 10.2 Å². The molecule has 0 radical (unpaired) electrons. The van der Waals surface area contributed by atoms with Crippen LogP contribution in [0, 0.1) is 0 Å². The predicted molar refractivity (Wildman–Crippen MR) is 173 cm³/mol. The number of carbonyl (C=O) groups excluding carboxylic acids is 1. The van der Waals surface area contributed by atoms with E-state index in [2.05, 4.69) is 10.3 Å². The Morgan fingerprint density at radius 2 is 1.64 bits per heavy atom. The van der Waals surface area contributed by atoms with Gasteiger partial charge in [0.1, 0.15) is 23.1 Å². The fourth-order valence-electron chi connectivity index (χ4n) is 4.32. The van der Waals surface area contributed by atoms with Crippen LogP contribution in [0.2, 0.25) is 10.0 Å². The number of aliphatic carboxylic acids is 1. The minimum Gasteiger partial charge on any atom is -0.486 e. The van der Waals surface area contributed by atoms with E-state index in [4.69, 9.17) is 32.7 Å². The smallest absolute Gasteiger partial charge is 0.366 e. The molecule has 0 fully saturated rings. The molecule has 9 nitrogen and oxygen atoms in total. The fraction of sp³-hybridized carbons (Fsp3) is 0.156. The first-order valence-corrected chi connectivity index (χ1v) is 16.8.